The number of alkyl halides is 3. The van der Waals surface area contributed by atoms with Gasteiger partial charge in [0.15, 0.2) is 5.75 Å². The second kappa shape index (κ2) is 9.23. The number of hydrogen-bond acceptors (Lipinski definition) is 7. The molecule has 12 heteroatoms. The average molecular weight is 477 g/mol. The summed E-state index contributed by atoms with van der Waals surface area (Å²) in [6, 6.07) is 7.11. The molecular formula is C20H22F3NO7S. The number of hydrogen-bond donors (Lipinski definition) is 1. The Morgan fingerprint density at radius 3 is 2.16 bits per heavy atom. The molecule has 1 atom stereocenters. The third-order valence-corrected chi connectivity index (χ3v) is 5.02. The smallest absolute Gasteiger partial charge is 0.467 e. The van der Waals surface area contributed by atoms with Gasteiger partial charge in [0, 0.05) is 11.8 Å². The van der Waals surface area contributed by atoms with E-state index in [4.69, 9.17) is 9.47 Å². The molecule has 2 aromatic rings. The van der Waals surface area contributed by atoms with Gasteiger partial charge in [0.25, 0.3) is 0 Å². The lowest BCUT2D eigenvalue weighted by Crippen LogP contribution is -2.45. The predicted octanol–water partition coefficient (Wildman–Crippen LogP) is 3.68. The number of fused-ring (bicyclic) bond motifs is 1. The van der Waals surface area contributed by atoms with Crippen LogP contribution in [0.3, 0.4) is 0 Å². The van der Waals surface area contributed by atoms with Crippen LogP contribution >= 0.6 is 0 Å². The molecule has 32 heavy (non-hydrogen) atoms. The number of esters is 1. The Bertz CT molecular complexity index is 1110. The summed E-state index contributed by atoms with van der Waals surface area (Å²) in [4.78, 5) is 24.3. The highest BCUT2D eigenvalue weighted by atomic mass is 32.2. The van der Waals surface area contributed by atoms with E-state index >= 15 is 0 Å². The topological polar surface area (TPSA) is 108 Å². The van der Waals surface area contributed by atoms with Gasteiger partial charge < -0.3 is 19.0 Å². The number of nitrogens with one attached hydrogen (secondary N) is 1. The number of amides is 1. The summed E-state index contributed by atoms with van der Waals surface area (Å²) in [5.41, 5.74) is -6.00. The molecule has 2 aromatic carbocycles. The highest BCUT2D eigenvalue weighted by Crippen LogP contribution is 2.33. The Morgan fingerprint density at radius 1 is 1.03 bits per heavy atom. The van der Waals surface area contributed by atoms with Crippen LogP contribution in [0.1, 0.15) is 26.3 Å². The van der Waals surface area contributed by atoms with E-state index in [1.807, 2.05) is 0 Å². The van der Waals surface area contributed by atoms with E-state index in [-0.39, 0.29) is 11.8 Å². The first-order valence-electron chi connectivity index (χ1n) is 9.23. The van der Waals surface area contributed by atoms with Crippen LogP contribution in [0.15, 0.2) is 36.4 Å². The second-order valence-corrected chi connectivity index (χ2v) is 9.22. The molecule has 0 aliphatic carbocycles. The molecule has 1 N–H and O–H groups in total. The van der Waals surface area contributed by atoms with Crippen molar-refractivity contribution in [2.24, 2.45) is 0 Å². The quantitative estimate of drug-likeness (QED) is 0.384. The highest BCUT2D eigenvalue weighted by Gasteiger charge is 2.48. The molecule has 0 aliphatic rings. The van der Waals surface area contributed by atoms with Gasteiger partial charge in [0.2, 0.25) is 0 Å². The summed E-state index contributed by atoms with van der Waals surface area (Å²) in [7, 11) is -4.75. The molecule has 0 saturated heterocycles. The summed E-state index contributed by atoms with van der Waals surface area (Å²) in [6.45, 7) is 4.92. The molecule has 0 saturated carbocycles. The zero-order valence-corrected chi connectivity index (χ0v) is 18.5. The maximum Gasteiger partial charge on any atom is 0.534 e. The van der Waals surface area contributed by atoms with Crippen LogP contribution in [-0.4, -0.2) is 44.7 Å². The number of carbonyl (C=O) groups is 2. The molecule has 0 aromatic heterocycles. The SMILES string of the molecule is COC(=O)[C@@H](Cc1ccc(OS(=O)(=O)C(F)(F)F)c2ccccc12)NC(=O)OC(C)(C)C. The minimum Gasteiger partial charge on any atom is -0.467 e. The van der Waals surface area contributed by atoms with Gasteiger partial charge in [-0.1, -0.05) is 30.3 Å². The normalized spacial score (nSPS) is 13.3. The van der Waals surface area contributed by atoms with E-state index in [2.05, 4.69) is 9.50 Å². The summed E-state index contributed by atoms with van der Waals surface area (Å²) in [6.07, 6.45) is -0.980. The van der Waals surface area contributed by atoms with Crippen LogP contribution in [0, 0.1) is 0 Å². The van der Waals surface area contributed by atoms with Crippen LogP contribution in [0.4, 0.5) is 18.0 Å². The van der Waals surface area contributed by atoms with E-state index < -0.39 is 45.1 Å². The summed E-state index contributed by atoms with van der Waals surface area (Å²) >= 11 is 0. The van der Waals surface area contributed by atoms with Crippen LogP contribution in [-0.2, 0) is 30.8 Å². The lowest BCUT2D eigenvalue weighted by molar-refractivity contribution is -0.143. The fraction of sp³-hybridized carbons (Fsp3) is 0.400. The minimum absolute atomic E-state index is 0.0682. The Labute approximate surface area is 182 Å². The molecule has 0 radical (unpaired) electrons. The Kier molecular flexibility index (Phi) is 7.28. The van der Waals surface area contributed by atoms with Crippen molar-refractivity contribution in [2.75, 3.05) is 7.11 Å². The molecule has 0 aliphatic heterocycles. The minimum atomic E-state index is -5.88. The summed E-state index contributed by atoms with van der Waals surface area (Å²) < 4.78 is 75.2. The molecule has 1 amide bonds. The molecule has 0 bridgehead atoms. The zero-order valence-electron chi connectivity index (χ0n) is 17.6. The first kappa shape index (κ1) is 25.2. The van der Waals surface area contributed by atoms with E-state index in [9.17, 15) is 31.2 Å². The van der Waals surface area contributed by atoms with Crippen molar-refractivity contribution in [3.8, 4) is 5.75 Å². The molecule has 0 heterocycles. The lowest BCUT2D eigenvalue weighted by atomic mass is 9.98. The van der Waals surface area contributed by atoms with E-state index in [0.717, 1.165) is 13.2 Å². The van der Waals surface area contributed by atoms with Gasteiger partial charge in [0.1, 0.15) is 11.6 Å². The van der Waals surface area contributed by atoms with Gasteiger partial charge in [-0.15, -0.1) is 0 Å². The standard InChI is InChI=1S/C20H22F3NO7S/c1-19(2,3)30-18(26)24-15(17(25)29-4)11-12-9-10-16(14-8-6-5-7-13(12)14)31-32(27,28)20(21,22)23/h5-10,15H,11H2,1-4H3,(H,24,26)/t15-/m1/s1. The largest absolute Gasteiger partial charge is 0.534 e. The number of alkyl carbamates (subject to hydrolysis) is 1. The van der Waals surface area contributed by atoms with Crippen LogP contribution < -0.4 is 9.50 Å². The third kappa shape index (κ3) is 6.25. The Balaban J connectivity index is 2.41. The number of methoxy groups -OCH3 is 1. The molecular weight excluding hydrogens is 455 g/mol. The van der Waals surface area contributed by atoms with Gasteiger partial charge >= 0.3 is 27.7 Å². The van der Waals surface area contributed by atoms with Crippen molar-refractivity contribution in [2.45, 2.75) is 44.3 Å². The van der Waals surface area contributed by atoms with Gasteiger partial charge in [0.05, 0.1) is 7.11 Å². The van der Waals surface area contributed by atoms with Gasteiger partial charge in [-0.3, -0.25) is 0 Å². The van der Waals surface area contributed by atoms with E-state index in [1.165, 1.54) is 24.3 Å². The maximum absolute atomic E-state index is 12.7. The first-order valence-corrected chi connectivity index (χ1v) is 10.6. The van der Waals surface area contributed by atoms with Crippen molar-refractivity contribution in [3.05, 3.63) is 42.0 Å². The molecule has 2 rings (SSSR count). The number of carbonyl (C=O) groups excluding carboxylic acids is 2. The van der Waals surface area contributed by atoms with Crippen molar-refractivity contribution < 1.29 is 44.8 Å². The fourth-order valence-electron chi connectivity index (χ4n) is 2.76. The lowest BCUT2D eigenvalue weighted by Gasteiger charge is -2.23. The van der Waals surface area contributed by atoms with E-state index in [0.29, 0.717) is 10.9 Å². The van der Waals surface area contributed by atoms with Crippen LogP contribution in [0.25, 0.3) is 10.8 Å². The molecule has 8 nitrogen and oxygen atoms in total. The maximum atomic E-state index is 12.7. The van der Waals surface area contributed by atoms with Crippen molar-refractivity contribution in [3.63, 3.8) is 0 Å². The fourth-order valence-corrected chi connectivity index (χ4v) is 3.23. The van der Waals surface area contributed by atoms with Gasteiger partial charge in [-0.25, -0.2) is 9.59 Å². The third-order valence-electron chi connectivity index (χ3n) is 4.06. The van der Waals surface area contributed by atoms with E-state index in [1.54, 1.807) is 26.8 Å². The first-order chi connectivity index (χ1) is 14.6. The second-order valence-electron chi connectivity index (χ2n) is 7.68. The Morgan fingerprint density at radius 2 is 1.62 bits per heavy atom. The summed E-state index contributed by atoms with van der Waals surface area (Å²) in [5.74, 6) is -1.31. The zero-order chi connectivity index (χ0) is 24.3. The number of ether oxygens (including phenoxy) is 2. The average Bonchev–Trinajstić information content (AvgIpc) is 2.66. The van der Waals surface area contributed by atoms with Crippen LogP contribution in [0.2, 0.25) is 0 Å². The van der Waals surface area contributed by atoms with Crippen molar-refractivity contribution in [1.29, 1.82) is 0 Å². The van der Waals surface area contributed by atoms with Crippen molar-refractivity contribution in [1.82, 2.24) is 5.32 Å². The number of benzene rings is 2. The van der Waals surface area contributed by atoms with Gasteiger partial charge in [-0.2, -0.15) is 21.6 Å². The van der Waals surface area contributed by atoms with Crippen molar-refractivity contribution >= 4 is 33.0 Å². The predicted molar refractivity (Wildman–Crippen MR) is 108 cm³/mol. The summed E-state index contributed by atoms with van der Waals surface area (Å²) in [5, 5.41) is 2.79. The highest BCUT2D eigenvalue weighted by molar-refractivity contribution is 7.88. The molecule has 176 valence electrons. The monoisotopic (exact) mass is 477 g/mol. The van der Waals surface area contributed by atoms with Crippen LogP contribution in [0.5, 0.6) is 5.75 Å². The van der Waals surface area contributed by atoms with Gasteiger partial charge in [-0.05, 0) is 37.8 Å². The molecule has 0 fully saturated rings. The molecule has 0 unspecified atom stereocenters. The molecule has 0 spiro atoms. The Hall–Kier alpha value is -3.02. The number of rotatable bonds is 6. The number of halogens is 3.